The lowest BCUT2D eigenvalue weighted by molar-refractivity contribution is -0.212. The summed E-state index contributed by atoms with van der Waals surface area (Å²) in [6.07, 6.45) is -1.55. The van der Waals surface area contributed by atoms with Crippen molar-refractivity contribution in [2.75, 3.05) is 6.61 Å². The third-order valence-electron chi connectivity index (χ3n) is 4.80. The lowest BCUT2D eigenvalue weighted by Gasteiger charge is -2.36. The summed E-state index contributed by atoms with van der Waals surface area (Å²) in [5.74, 6) is 0. The Morgan fingerprint density at radius 2 is 1.52 bits per heavy atom. The van der Waals surface area contributed by atoms with E-state index in [1.165, 1.54) is 0 Å². The number of fused-ring (bicyclic) bond motifs is 2. The first kappa shape index (κ1) is 18.0. The van der Waals surface area contributed by atoms with E-state index in [0.29, 0.717) is 19.8 Å². The fourth-order valence-corrected chi connectivity index (χ4v) is 3.47. The highest BCUT2D eigenvalue weighted by Gasteiger charge is 2.54. The predicted molar refractivity (Wildman–Crippen MR) is 95.7 cm³/mol. The third-order valence-corrected chi connectivity index (χ3v) is 4.80. The summed E-state index contributed by atoms with van der Waals surface area (Å²) in [7, 11) is 0. The highest BCUT2D eigenvalue weighted by molar-refractivity contribution is 5.15. The normalized spacial score (nSPS) is 29.3. The van der Waals surface area contributed by atoms with E-state index in [-0.39, 0.29) is 12.2 Å². The number of hydrogen-bond acceptors (Lipinski definition) is 6. The van der Waals surface area contributed by atoms with Gasteiger partial charge in [-0.1, -0.05) is 60.7 Å². The fraction of sp³-hybridized carbons (Fsp3) is 0.400. The standard InChI is InChI=1S/C20H22N3O4/c21-23-22-17-19(25-12-15-9-5-2-6-10-15)18(16-13-26-20(17)27-16)24-11-14-7-3-1-4-8-14/h1-10,16-21H,11-13H2/q+1/t16-,17-,18-,19-,20-/m1/s1. The van der Waals surface area contributed by atoms with Crippen molar-refractivity contribution < 1.29 is 18.9 Å². The monoisotopic (exact) mass is 368 g/mol. The molecule has 2 heterocycles. The summed E-state index contributed by atoms with van der Waals surface area (Å²) in [5.41, 5.74) is 9.28. The summed E-state index contributed by atoms with van der Waals surface area (Å²) in [6, 6.07) is 19.3. The molecule has 0 aromatic heterocycles. The second-order valence-corrected chi connectivity index (χ2v) is 6.60. The Balaban J connectivity index is 1.52. The van der Waals surface area contributed by atoms with Crippen LogP contribution in [0.25, 0.3) is 0 Å². The van der Waals surface area contributed by atoms with Crippen LogP contribution in [0.2, 0.25) is 0 Å². The number of nitrogens with zero attached hydrogens (tertiary/aromatic N) is 2. The highest BCUT2D eigenvalue weighted by Crippen LogP contribution is 2.34. The first-order valence-corrected chi connectivity index (χ1v) is 9.00. The van der Waals surface area contributed by atoms with Crippen LogP contribution in [0.15, 0.2) is 65.8 Å². The Morgan fingerprint density at radius 3 is 2.11 bits per heavy atom. The molecule has 4 rings (SSSR count). The van der Waals surface area contributed by atoms with E-state index in [1.54, 1.807) is 0 Å². The Bertz CT molecular complexity index is 782. The van der Waals surface area contributed by atoms with Crippen LogP contribution in [-0.2, 0) is 32.2 Å². The molecule has 1 N–H and O–H groups in total. The molecule has 5 atom stereocenters. The van der Waals surface area contributed by atoms with Crippen LogP contribution < -0.4 is 4.91 Å². The third kappa shape index (κ3) is 4.13. The van der Waals surface area contributed by atoms with Crippen LogP contribution in [-0.4, -0.2) is 37.3 Å². The number of ether oxygens (including phenoxy) is 4. The van der Waals surface area contributed by atoms with E-state index < -0.39 is 18.4 Å². The summed E-state index contributed by atoms with van der Waals surface area (Å²) in [6.45, 7) is 1.27. The molecule has 0 amide bonds. The molecule has 2 bridgehead atoms. The SMILES string of the molecule is N=[N+]=N[C@H]1[C@@H]2OC[C@@H](O2)[C@@H](OCc2ccccc2)[C@@H]1OCc1ccccc1. The van der Waals surface area contributed by atoms with Gasteiger partial charge in [-0.25, -0.2) is 0 Å². The van der Waals surface area contributed by atoms with Crippen LogP contribution in [0, 0.1) is 5.53 Å². The van der Waals surface area contributed by atoms with Crippen molar-refractivity contribution in [3.63, 3.8) is 0 Å². The van der Waals surface area contributed by atoms with Gasteiger partial charge < -0.3 is 18.9 Å². The smallest absolute Gasteiger partial charge is 0.214 e. The van der Waals surface area contributed by atoms with E-state index >= 15 is 0 Å². The lowest BCUT2D eigenvalue weighted by Crippen LogP contribution is -2.55. The molecule has 2 aliphatic heterocycles. The zero-order chi connectivity index (χ0) is 18.5. The first-order chi connectivity index (χ1) is 13.3. The molecule has 7 nitrogen and oxygen atoms in total. The van der Waals surface area contributed by atoms with Gasteiger partial charge in [0.2, 0.25) is 11.0 Å². The van der Waals surface area contributed by atoms with Crippen LogP contribution in [0.3, 0.4) is 0 Å². The molecular formula is C20H22N3O4+. The quantitative estimate of drug-likeness (QED) is 0.601. The van der Waals surface area contributed by atoms with Crippen molar-refractivity contribution in [3.8, 4) is 0 Å². The molecule has 0 saturated carbocycles. The van der Waals surface area contributed by atoms with Crippen LogP contribution in [0.1, 0.15) is 11.1 Å². The number of benzene rings is 2. The van der Waals surface area contributed by atoms with Gasteiger partial charge in [-0.15, -0.1) is 0 Å². The number of rotatable bonds is 7. The predicted octanol–water partition coefficient (Wildman–Crippen LogP) is 2.83. The molecule has 2 fully saturated rings. The minimum absolute atomic E-state index is 0.225. The molecule has 0 aliphatic carbocycles. The van der Waals surface area contributed by atoms with Gasteiger partial charge in [-0.2, -0.15) is 0 Å². The van der Waals surface area contributed by atoms with Gasteiger partial charge in [-0.3, -0.25) is 0 Å². The molecule has 0 radical (unpaired) electrons. The molecule has 2 saturated heterocycles. The molecule has 2 aliphatic rings. The maximum atomic E-state index is 7.16. The summed E-state index contributed by atoms with van der Waals surface area (Å²) in [5, 5.41) is 4.00. The number of nitrogens with one attached hydrogen (secondary N) is 1. The number of hydrogen-bond donors (Lipinski definition) is 1. The lowest BCUT2D eigenvalue weighted by atomic mass is 9.98. The zero-order valence-corrected chi connectivity index (χ0v) is 14.8. The average Bonchev–Trinajstić information content (AvgIpc) is 3.15. The van der Waals surface area contributed by atoms with Gasteiger partial charge in [-0.05, 0) is 11.1 Å². The topological polar surface area (TPSA) is 87.2 Å². The summed E-state index contributed by atoms with van der Waals surface area (Å²) in [4.78, 5) is 3.21. The second kappa shape index (κ2) is 8.52. The highest BCUT2D eigenvalue weighted by atomic mass is 16.7. The molecular weight excluding hydrogens is 346 g/mol. The van der Waals surface area contributed by atoms with Crippen molar-refractivity contribution in [2.45, 2.75) is 43.9 Å². The molecule has 0 spiro atoms. The van der Waals surface area contributed by atoms with Gasteiger partial charge in [0.15, 0.2) is 6.29 Å². The Hall–Kier alpha value is -2.41. The van der Waals surface area contributed by atoms with Gasteiger partial charge in [0.25, 0.3) is 0 Å². The molecule has 140 valence electrons. The van der Waals surface area contributed by atoms with Crippen molar-refractivity contribution in [1.82, 2.24) is 4.91 Å². The minimum Gasteiger partial charge on any atom is -0.368 e. The maximum Gasteiger partial charge on any atom is 0.214 e. The Kier molecular flexibility index (Phi) is 5.67. The first-order valence-electron chi connectivity index (χ1n) is 9.00. The molecule has 2 aromatic rings. The van der Waals surface area contributed by atoms with Gasteiger partial charge in [0.1, 0.15) is 29.0 Å². The van der Waals surface area contributed by atoms with Crippen LogP contribution in [0.5, 0.6) is 0 Å². The minimum atomic E-state index is -0.554. The summed E-state index contributed by atoms with van der Waals surface area (Å²) < 4.78 is 23.9. The van der Waals surface area contributed by atoms with Crippen LogP contribution >= 0.6 is 0 Å². The molecule has 2 aromatic carbocycles. The van der Waals surface area contributed by atoms with Gasteiger partial charge in [0, 0.05) is 0 Å². The zero-order valence-electron chi connectivity index (χ0n) is 14.8. The van der Waals surface area contributed by atoms with Gasteiger partial charge >= 0.3 is 0 Å². The molecule has 27 heavy (non-hydrogen) atoms. The van der Waals surface area contributed by atoms with Crippen LogP contribution in [0.4, 0.5) is 0 Å². The van der Waals surface area contributed by atoms with E-state index in [4.69, 9.17) is 24.5 Å². The molecule has 7 heteroatoms. The van der Waals surface area contributed by atoms with Crippen molar-refractivity contribution >= 4 is 0 Å². The maximum absolute atomic E-state index is 7.16. The molecule has 0 unspecified atom stereocenters. The Labute approximate surface area is 157 Å². The van der Waals surface area contributed by atoms with E-state index in [9.17, 15) is 0 Å². The van der Waals surface area contributed by atoms with Gasteiger partial charge in [0.05, 0.1) is 19.8 Å². The van der Waals surface area contributed by atoms with Crippen molar-refractivity contribution in [3.05, 3.63) is 71.8 Å². The average molecular weight is 368 g/mol. The van der Waals surface area contributed by atoms with E-state index in [1.807, 2.05) is 60.7 Å². The largest absolute Gasteiger partial charge is 0.368 e. The second-order valence-electron chi connectivity index (χ2n) is 6.60. The Morgan fingerprint density at radius 1 is 0.926 bits per heavy atom. The van der Waals surface area contributed by atoms with Crippen molar-refractivity contribution in [2.24, 2.45) is 5.11 Å². The fourth-order valence-electron chi connectivity index (χ4n) is 3.47. The summed E-state index contributed by atoms with van der Waals surface area (Å²) >= 11 is 0. The van der Waals surface area contributed by atoms with E-state index in [2.05, 4.69) is 10.0 Å². The van der Waals surface area contributed by atoms with Crippen molar-refractivity contribution in [1.29, 1.82) is 5.53 Å². The van der Waals surface area contributed by atoms with E-state index in [0.717, 1.165) is 11.1 Å².